The molecule has 0 aliphatic carbocycles. The number of ether oxygens (including phenoxy) is 1. The summed E-state index contributed by atoms with van der Waals surface area (Å²) >= 11 is 5.60. The number of sulfonamides is 1. The fourth-order valence-electron chi connectivity index (χ4n) is 3.20. The van der Waals surface area contributed by atoms with Crippen LogP contribution in [0.4, 0.5) is 0 Å². The van der Waals surface area contributed by atoms with Crippen molar-refractivity contribution in [2.75, 3.05) is 24.8 Å². The van der Waals surface area contributed by atoms with Crippen molar-refractivity contribution in [3.63, 3.8) is 0 Å². The first-order chi connectivity index (χ1) is 13.2. The Labute approximate surface area is 178 Å². The minimum atomic E-state index is -3.90. The summed E-state index contributed by atoms with van der Waals surface area (Å²) in [5.74, 6) is -2.18. The highest BCUT2D eigenvalue weighted by Crippen LogP contribution is 2.22. The van der Waals surface area contributed by atoms with E-state index in [1.54, 1.807) is 20.8 Å². The van der Waals surface area contributed by atoms with E-state index in [9.17, 15) is 22.8 Å². The quantitative estimate of drug-likeness (QED) is 0.378. The number of carbonyl (C=O) groups excluding carboxylic acids is 3. The molecular weight excluding hydrogens is 420 g/mol. The van der Waals surface area contributed by atoms with Crippen molar-refractivity contribution in [3.05, 3.63) is 0 Å². The van der Waals surface area contributed by atoms with Gasteiger partial charge in [-0.1, -0.05) is 13.8 Å². The highest BCUT2D eigenvalue weighted by atomic mass is 35.5. The van der Waals surface area contributed by atoms with Crippen LogP contribution in [-0.2, 0) is 29.1 Å². The van der Waals surface area contributed by atoms with Crippen LogP contribution >= 0.6 is 11.6 Å². The summed E-state index contributed by atoms with van der Waals surface area (Å²) < 4.78 is 31.1. The smallest absolute Gasteiger partial charge is 0.307 e. The topological polar surface area (TPSA) is 110 Å². The number of rotatable bonds is 11. The van der Waals surface area contributed by atoms with E-state index in [1.165, 1.54) is 0 Å². The lowest BCUT2D eigenvalue weighted by Crippen LogP contribution is -2.43. The zero-order chi connectivity index (χ0) is 22.4. The number of Topliss-reactive ketones (excluding diaryl/α,β-unsaturated/α-hetero) is 1. The summed E-state index contributed by atoms with van der Waals surface area (Å²) in [7, 11) is -3.90. The number of ketones is 1. The van der Waals surface area contributed by atoms with Crippen molar-refractivity contribution in [2.45, 2.75) is 59.5 Å². The van der Waals surface area contributed by atoms with Crippen LogP contribution in [0.5, 0.6) is 0 Å². The van der Waals surface area contributed by atoms with E-state index < -0.39 is 45.2 Å². The molecule has 1 aliphatic rings. The largest absolute Gasteiger partial charge is 0.460 e. The van der Waals surface area contributed by atoms with Crippen LogP contribution in [0.1, 0.15) is 53.9 Å². The number of carbonyl (C=O) groups is 3. The molecule has 1 aliphatic heterocycles. The maximum absolute atomic E-state index is 13.0. The van der Waals surface area contributed by atoms with Crippen molar-refractivity contribution >= 4 is 39.3 Å². The predicted molar refractivity (Wildman–Crippen MR) is 111 cm³/mol. The fraction of sp³-hybridized carbons (Fsp3) is 0.842. The molecule has 2 atom stereocenters. The molecule has 0 aromatic heterocycles. The lowest BCUT2D eigenvalue weighted by molar-refractivity contribution is -0.157. The Morgan fingerprint density at radius 1 is 1.31 bits per heavy atom. The first kappa shape index (κ1) is 25.8. The zero-order valence-corrected chi connectivity index (χ0v) is 19.4. The second-order valence-electron chi connectivity index (χ2n) is 8.87. The summed E-state index contributed by atoms with van der Waals surface area (Å²) in [6.07, 6.45) is 0.804. The summed E-state index contributed by atoms with van der Waals surface area (Å²) in [4.78, 5) is 37.0. The van der Waals surface area contributed by atoms with Gasteiger partial charge < -0.3 is 10.1 Å². The highest BCUT2D eigenvalue weighted by molar-refractivity contribution is 7.90. The van der Waals surface area contributed by atoms with Gasteiger partial charge in [0, 0.05) is 19.0 Å². The lowest BCUT2D eigenvalue weighted by atomic mass is 9.90. The zero-order valence-electron chi connectivity index (χ0n) is 17.9. The number of amides is 1. The van der Waals surface area contributed by atoms with Gasteiger partial charge in [-0.2, -0.15) is 4.31 Å². The second kappa shape index (κ2) is 10.7. The first-order valence-electron chi connectivity index (χ1n) is 9.81. The summed E-state index contributed by atoms with van der Waals surface area (Å²) in [5.41, 5.74) is -0.674. The number of halogens is 1. The Morgan fingerprint density at radius 2 is 1.93 bits per heavy atom. The van der Waals surface area contributed by atoms with Gasteiger partial charge in [-0.3, -0.25) is 14.4 Å². The van der Waals surface area contributed by atoms with Gasteiger partial charge in [-0.25, -0.2) is 8.42 Å². The molecule has 0 radical (unpaired) electrons. The van der Waals surface area contributed by atoms with Crippen LogP contribution in [0.15, 0.2) is 0 Å². The van der Waals surface area contributed by atoms with Crippen molar-refractivity contribution < 1.29 is 27.5 Å². The van der Waals surface area contributed by atoms with E-state index in [1.807, 2.05) is 13.8 Å². The van der Waals surface area contributed by atoms with E-state index in [2.05, 4.69) is 5.32 Å². The van der Waals surface area contributed by atoms with Gasteiger partial charge in [0.1, 0.15) is 10.8 Å². The Hall–Kier alpha value is -1.19. The van der Waals surface area contributed by atoms with E-state index in [-0.39, 0.29) is 30.6 Å². The summed E-state index contributed by atoms with van der Waals surface area (Å²) in [6.45, 7) is 9.02. The third kappa shape index (κ3) is 9.00. The van der Waals surface area contributed by atoms with Crippen LogP contribution in [0.2, 0.25) is 0 Å². The Balaban J connectivity index is 2.95. The Kier molecular flexibility index (Phi) is 9.56. The molecule has 0 unspecified atom stereocenters. The SMILES string of the molecule is CC(C)C[C@H](CC(=O)OC(C)(C)C)C(=O)CN(C[C@@H]1CCNC1=O)S(=O)(=O)CCl. The Morgan fingerprint density at radius 3 is 2.38 bits per heavy atom. The average Bonchev–Trinajstić information content (AvgIpc) is 2.96. The van der Waals surface area contributed by atoms with Crippen LogP contribution < -0.4 is 5.32 Å². The van der Waals surface area contributed by atoms with Crippen LogP contribution in [-0.4, -0.2) is 60.8 Å². The van der Waals surface area contributed by atoms with Gasteiger partial charge in [0.15, 0.2) is 5.78 Å². The van der Waals surface area contributed by atoms with Crippen molar-refractivity contribution in [3.8, 4) is 0 Å². The maximum atomic E-state index is 13.0. The lowest BCUT2D eigenvalue weighted by Gasteiger charge is -2.26. The average molecular weight is 453 g/mol. The molecule has 1 N–H and O–H groups in total. The number of nitrogens with one attached hydrogen (secondary N) is 1. The van der Waals surface area contributed by atoms with Crippen LogP contribution in [0.3, 0.4) is 0 Å². The minimum absolute atomic E-state index is 0.104. The second-order valence-corrected chi connectivity index (χ2v) is 11.4. The summed E-state index contributed by atoms with van der Waals surface area (Å²) in [6, 6.07) is 0. The van der Waals surface area contributed by atoms with Gasteiger partial charge in [-0.05, 0) is 39.5 Å². The first-order valence-corrected chi connectivity index (χ1v) is 12.0. The van der Waals surface area contributed by atoms with Gasteiger partial charge in [0.2, 0.25) is 15.9 Å². The van der Waals surface area contributed by atoms with Crippen LogP contribution in [0, 0.1) is 17.8 Å². The summed E-state index contributed by atoms with van der Waals surface area (Å²) in [5, 5.41) is 1.97. The molecular formula is C19H33ClN2O6S. The van der Waals surface area contributed by atoms with E-state index in [4.69, 9.17) is 16.3 Å². The number of hydrogen-bond acceptors (Lipinski definition) is 6. The fourth-order valence-corrected chi connectivity index (χ4v) is 4.48. The molecule has 1 heterocycles. The molecule has 168 valence electrons. The van der Waals surface area contributed by atoms with Gasteiger partial charge >= 0.3 is 5.97 Å². The third-order valence-electron chi connectivity index (χ3n) is 4.49. The van der Waals surface area contributed by atoms with Gasteiger partial charge in [0.25, 0.3) is 0 Å². The molecule has 0 bridgehead atoms. The molecule has 8 nitrogen and oxygen atoms in total. The molecule has 0 saturated carbocycles. The molecule has 1 saturated heterocycles. The molecule has 0 aromatic rings. The normalized spacial score (nSPS) is 18.8. The van der Waals surface area contributed by atoms with Crippen molar-refractivity contribution in [1.29, 1.82) is 0 Å². The monoisotopic (exact) mass is 452 g/mol. The Bertz CT molecular complexity index is 702. The number of hydrogen-bond donors (Lipinski definition) is 1. The minimum Gasteiger partial charge on any atom is -0.460 e. The predicted octanol–water partition coefficient (Wildman–Crippen LogP) is 1.91. The van der Waals surface area contributed by atoms with E-state index >= 15 is 0 Å². The number of alkyl halides is 1. The number of nitrogens with zero attached hydrogens (tertiary/aromatic N) is 1. The van der Waals surface area contributed by atoms with Crippen molar-refractivity contribution in [1.82, 2.24) is 9.62 Å². The molecule has 0 spiro atoms. The molecule has 1 fully saturated rings. The van der Waals surface area contributed by atoms with Crippen molar-refractivity contribution in [2.24, 2.45) is 17.8 Å². The van der Waals surface area contributed by atoms with E-state index in [0.29, 0.717) is 19.4 Å². The molecule has 1 rings (SSSR count). The molecule has 1 amide bonds. The van der Waals surface area contributed by atoms with Crippen LogP contribution in [0.25, 0.3) is 0 Å². The van der Waals surface area contributed by atoms with E-state index in [0.717, 1.165) is 4.31 Å². The molecule has 0 aromatic carbocycles. The maximum Gasteiger partial charge on any atom is 0.307 e. The molecule has 29 heavy (non-hydrogen) atoms. The van der Waals surface area contributed by atoms with Gasteiger partial charge in [-0.15, -0.1) is 11.6 Å². The van der Waals surface area contributed by atoms with Gasteiger partial charge in [0.05, 0.1) is 18.9 Å². The number of esters is 1. The highest BCUT2D eigenvalue weighted by Gasteiger charge is 2.34. The standard InChI is InChI=1S/C19H33ClN2O6S/c1-13(2)8-15(9-17(24)28-19(3,4)5)16(23)11-22(29(26,27)12-20)10-14-6-7-21-18(14)25/h13-15H,6-12H2,1-5H3,(H,21,25)/t14-,15+/m0/s1. The third-order valence-corrected chi connectivity index (χ3v) is 6.66. The molecule has 10 heteroatoms.